The van der Waals surface area contributed by atoms with Crippen LogP contribution in [0, 0.1) is 0 Å². The Balaban J connectivity index is 0.00000320. The van der Waals surface area contributed by atoms with Crippen LogP contribution in [0.3, 0.4) is 0 Å². The molecule has 1 atom stereocenters. The number of aliphatic imine (C=N–C) groups is 1. The standard InChI is InChI=1S/C21H30N6O2.HI/c1-21(2,3)29-20(28)25-17-10-13-26(15-17)19(22-4)23-14-16-6-8-18(9-7-16)27-12-5-11-24-27;/h5-9,11-12,17H,10,13-15H2,1-4H3,(H,22,23)(H,25,28);1H. The van der Waals surface area contributed by atoms with Gasteiger partial charge in [0.25, 0.3) is 0 Å². The number of ether oxygens (including phenoxy) is 1. The van der Waals surface area contributed by atoms with E-state index < -0.39 is 5.60 Å². The molecule has 1 unspecified atom stereocenters. The first-order chi connectivity index (χ1) is 13.8. The summed E-state index contributed by atoms with van der Waals surface area (Å²) in [7, 11) is 1.78. The average Bonchev–Trinajstić information content (AvgIpc) is 3.33. The molecule has 1 fully saturated rings. The van der Waals surface area contributed by atoms with Gasteiger partial charge in [0.1, 0.15) is 5.60 Å². The van der Waals surface area contributed by atoms with E-state index in [-0.39, 0.29) is 36.1 Å². The molecule has 1 aliphatic heterocycles. The Morgan fingerprint density at radius 1 is 1.30 bits per heavy atom. The smallest absolute Gasteiger partial charge is 0.407 e. The van der Waals surface area contributed by atoms with Gasteiger partial charge in [0, 0.05) is 39.1 Å². The number of halogens is 1. The number of alkyl carbamates (subject to hydrolysis) is 1. The van der Waals surface area contributed by atoms with E-state index in [4.69, 9.17) is 4.74 Å². The van der Waals surface area contributed by atoms with Crippen LogP contribution in [0.1, 0.15) is 32.8 Å². The zero-order chi connectivity index (χ0) is 20.9. The van der Waals surface area contributed by atoms with Gasteiger partial charge in [-0.1, -0.05) is 12.1 Å². The highest BCUT2D eigenvalue weighted by Gasteiger charge is 2.27. The van der Waals surface area contributed by atoms with E-state index in [2.05, 4.69) is 37.8 Å². The molecule has 30 heavy (non-hydrogen) atoms. The van der Waals surface area contributed by atoms with Gasteiger partial charge in [0.15, 0.2) is 5.96 Å². The second kappa shape index (κ2) is 10.6. The van der Waals surface area contributed by atoms with Gasteiger partial charge >= 0.3 is 6.09 Å². The summed E-state index contributed by atoms with van der Waals surface area (Å²) in [6.45, 7) is 7.80. The molecule has 8 nitrogen and oxygen atoms in total. The van der Waals surface area contributed by atoms with Crippen LogP contribution < -0.4 is 10.6 Å². The number of nitrogens with one attached hydrogen (secondary N) is 2. The minimum Gasteiger partial charge on any atom is -0.444 e. The number of guanidine groups is 1. The highest BCUT2D eigenvalue weighted by Crippen LogP contribution is 2.13. The van der Waals surface area contributed by atoms with Crippen LogP contribution in [-0.2, 0) is 11.3 Å². The van der Waals surface area contributed by atoms with Crippen LogP contribution in [-0.4, -0.2) is 58.5 Å². The van der Waals surface area contributed by atoms with E-state index >= 15 is 0 Å². The number of carbonyl (C=O) groups is 1. The van der Waals surface area contributed by atoms with Crippen molar-refractivity contribution >= 4 is 36.0 Å². The van der Waals surface area contributed by atoms with E-state index in [1.165, 1.54) is 0 Å². The lowest BCUT2D eigenvalue weighted by atomic mass is 10.2. The molecule has 9 heteroatoms. The molecule has 2 N–H and O–H groups in total. The van der Waals surface area contributed by atoms with Crippen molar-refractivity contribution in [2.75, 3.05) is 20.1 Å². The van der Waals surface area contributed by atoms with Gasteiger partial charge in [-0.2, -0.15) is 5.10 Å². The maximum atomic E-state index is 12.0. The molecule has 3 rings (SSSR count). The van der Waals surface area contributed by atoms with Crippen LogP contribution >= 0.6 is 24.0 Å². The average molecular weight is 526 g/mol. The van der Waals surface area contributed by atoms with Gasteiger partial charge < -0.3 is 20.3 Å². The second-order valence-electron chi connectivity index (χ2n) is 8.10. The lowest BCUT2D eigenvalue weighted by molar-refractivity contribution is 0.0507. The van der Waals surface area contributed by atoms with Crippen molar-refractivity contribution in [2.24, 2.45) is 4.99 Å². The highest BCUT2D eigenvalue weighted by molar-refractivity contribution is 14.0. The van der Waals surface area contributed by atoms with Crippen LogP contribution in [0.5, 0.6) is 0 Å². The monoisotopic (exact) mass is 526 g/mol. The van der Waals surface area contributed by atoms with Gasteiger partial charge in [-0.3, -0.25) is 4.99 Å². The first-order valence-corrected chi connectivity index (χ1v) is 9.88. The number of amides is 1. The van der Waals surface area contributed by atoms with Crippen LogP contribution in [0.15, 0.2) is 47.7 Å². The molecule has 1 aromatic carbocycles. The summed E-state index contributed by atoms with van der Waals surface area (Å²) in [4.78, 5) is 18.5. The minimum atomic E-state index is -0.493. The maximum absolute atomic E-state index is 12.0. The fourth-order valence-corrected chi connectivity index (χ4v) is 3.25. The maximum Gasteiger partial charge on any atom is 0.407 e. The van der Waals surface area contributed by atoms with Gasteiger partial charge in [-0.15, -0.1) is 24.0 Å². The number of aromatic nitrogens is 2. The Kier molecular flexibility index (Phi) is 8.51. The van der Waals surface area contributed by atoms with Gasteiger partial charge in [0.2, 0.25) is 0 Å². The molecule has 0 spiro atoms. The van der Waals surface area contributed by atoms with Crippen LogP contribution in [0.4, 0.5) is 4.79 Å². The zero-order valence-corrected chi connectivity index (χ0v) is 20.3. The summed E-state index contributed by atoms with van der Waals surface area (Å²) in [5, 5.41) is 10.6. The van der Waals surface area contributed by atoms with E-state index in [1.807, 2.05) is 49.8 Å². The summed E-state index contributed by atoms with van der Waals surface area (Å²) < 4.78 is 7.17. The minimum absolute atomic E-state index is 0. The third-order valence-corrected chi connectivity index (χ3v) is 4.58. The lowest BCUT2D eigenvalue weighted by Gasteiger charge is -2.23. The highest BCUT2D eigenvalue weighted by atomic mass is 127. The summed E-state index contributed by atoms with van der Waals surface area (Å²) in [5.41, 5.74) is 1.69. The quantitative estimate of drug-likeness (QED) is 0.364. The zero-order valence-electron chi connectivity index (χ0n) is 18.0. The number of rotatable bonds is 4. The topological polar surface area (TPSA) is 83.8 Å². The van der Waals surface area contributed by atoms with Gasteiger partial charge in [0.05, 0.1) is 11.7 Å². The Morgan fingerprint density at radius 2 is 2.03 bits per heavy atom. The number of hydrogen-bond acceptors (Lipinski definition) is 4. The molecule has 0 saturated carbocycles. The summed E-state index contributed by atoms with van der Waals surface area (Å²) in [6.07, 6.45) is 4.17. The lowest BCUT2D eigenvalue weighted by Crippen LogP contribution is -2.44. The first kappa shape index (κ1) is 24.0. The summed E-state index contributed by atoms with van der Waals surface area (Å²) in [5.74, 6) is 0.828. The number of carbonyl (C=O) groups excluding carboxylic acids is 1. The van der Waals surface area contributed by atoms with Crippen LogP contribution in [0.25, 0.3) is 5.69 Å². The Bertz CT molecular complexity index is 830. The molecule has 1 aliphatic rings. The summed E-state index contributed by atoms with van der Waals surface area (Å²) in [6, 6.07) is 10.2. The molecule has 0 radical (unpaired) electrons. The Hall–Kier alpha value is -2.30. The van der Waals surface area contributed by atoms with Crippen molar-refractivity contribution < 1.29 is 9.53 Å². The second-order valence-corrected chi connectivity index (χ2v) is 8.10. The fourth-order valence-electron chi connectivity index (χ4n) is 3.25. The van der Waals surface area contributed by atoms with E-state index in [0.717, 1.165) is 30.2 Å². The van der Waals surface area contributed by atoms with Crippen molar-refractivity contribution in [3.63, 3.8) is 0 Å². The molecule has 1 aromatic heterocycles. The number of nitrogens with zero attached hydrogens (tertiary/aromatic N) is 4. The molecule has 1 amide bonds. The summed E-state index contributed by atoms with van der Waals surface area (Å²) >= 11 is 0. The Labute approximate surface area is 195 Å². The van der Waals surface area contributed by atoms with Crippen molar-refractivity contribution in [1.82, 2.24) is 25.3 Å². The molecule has 164 valence electrons. The Morgan fingerprint density at radius 3 is 2.63 bits per heavy atom. The fraction of sp³-hybridized carbons (Fsp3) is 0.476. The first-order valence-electron chi connectivity index (χ1n) is 9.88. The molecule has 0 bridgehead atoms. The molecule has 0 aliphatic carbocycles. The van der Waals surface area contributed by atoms with Crippen molar-refractivity contribution in [3.05, 3.63) is 48.3 Å². The van der Waals surface area contributed by atoms with E-state index in [9.17, 15) is 4.79 Å². The van der Waals surface area contributed by atoms with Crippen molar-refractivity contribution in [3.8, 4) is 5.69 Å². The van der Waals surface area contributed by atoms with Crippen LogP contribution in [0.2, 0.25) is 0 Å². The third kappa shape index (κ3) is 6.89. The largest absolute Gasteiger partial charge is 0.444 e. The number of benzene rings is 1. The molecule has 1 saturated heterocycles. The number of hydrogen-bond donors (Lipinski definition) is 2. The van der Waals surface area contributed by atoms with Crippen molar-refractivity contribution in [2.45, 2.75) is 45.4 Å². The normalized spacial score (nSPS) is 16.7. The molecule has 2 aromatic rings. The van der Waals surface area contributed by atoms with Gasteiger partial charge in [-0.25, -0.2) is 9.48 Å². The third-order valence-electron chi connectivity index (χ3n) is 4.58. The van der Waals surface area contributed by atoms with E-state index in [1.54, 1.807) is 13.2 Å². The van der Waals surface area contributed by atoms with Crippen molar-refractivity contribution in [1.29, 1.82) is 0 Å². The molecular weight excluding hydrogens is 495 g/mol. The SMILES string of the molecule is CN=C(NCc1ccc(-n2cccn2)cc1)N1CCC(NC(=O)OC(C)(C)C)C1.I. The molecular formula is C21H31IN6O2. The van der Waals surface area contributed by atoms with Gasteiger partial charge in [-0.05, 0) is 51.0 Å². The number of likely N-dealkylation sites (tertiary alicyclic amines) is 1. The predicted octanol–water partition coefficient (Wildman–Crippen LogP) is 3.16. The molecule has 2 heterocycles. The predicted molar refractivity (Wildman–Crippen MR) is 129 cm³/mol. The van der Waals surface area contributed by atoms with E-state index in [0.29, 0.717) is 13.1 Å².